The maximum absolute atomic E-state index is 12.0. The van der Waals surface area contributed by atoms with E-state index in [0.29, 0.717) is 28.2 Å². The van der Waals surface area contributed by atoms with E-state index < -0.39 is 11.9 Å². The van der Waals surface area contributed by atoms with Crippen molar-refractivity contribution < 1.29 is 28.2 Å². The second kappa shape index (κ2) is 8.67. The molecule has 0 aliphatic rings. The molecule has 0 aliphatic carbocycles. The molecule has 6 nitrogen and oxygen atoms in total. The normalized spacial score (nSPS) is 10.8. The largest absolute Gasteiger partial charge is 0.490 e. The van der Waals surface area contributed by atoms with Crippen molar-refractivity contribution in [2.45, 2.75) is 13.8 Å². The van der Waals surface area contributed by atoms with Crippen LogP contribution >= 0.6 is 0 Å². The molecule has 1 heterocycles. The minimum Gasteiger partial charge on any atom is -0.490 e. The second-order valence-electron chi connectivity index (χ2n) is 7.65. The van der Waals surface area contributed by atoms with Crippen LogP contribution in [0.1, 0.15) is 13.8 Å². The van der Waals surface area contributed by atoms with Crippen molar-refractivity contribution in [3.05, 3.63) is 78.9 Å². The van der Waals surface area contributed by atoms with Crippen molar-refractivity contribution in [3.63, 3.8) is 0 Å². The van der Waals surface area contributed by atoms with Crippen LogP contribution in [0.2, 0.25) is 0 Å². The summed E-state index contributed by atoms with van der Waals surface area (Å²) in [5.74, 6) is 0.0379. The molecule has 1 aromatic heterocycles. The predicted molar refractivity (Wildman–Crippen MR) is 127 cm³/mol. The lowest BCUT2D eigenvalue weighted by molar-refractivity contribution is -0.131. The number of methoxy groups -OCH3 is 1. The number of benzene rings is 3. The summed E-state index contributed by atoms with van der Waals surface area (Å²) in [5, 5.41) is 1.74. The Morgan fingerprint density at radius 2 is 1.39 bits per heavy atom. The fourth-order valence-electron chi connectivity index (χ4n) is 3.35. The average molecular weight is 442 g/mol. The van der Waals surface area contributed by atoms with Crippen molar-refractivity contribution in [1.82, 2.24) is 0 Å². The van der Waals surface area contributed by atoms with Gasteiger partial charge in [0.05, 0.1) is 7.11 Å². The number of ether oxygens (including phenoxy) is 3. The van der Waals surface area contributed by atoms with Gasteiger partial charge in [-0.3, -0.25) is 0 Å². The fourth-order valence-corrected chi connectivity index (χ4v) is 3.35. The molecule has 6 heteroatoms. The van der Waals surface area contributed by atoms with E-state index in [1.54, 1.807) is 32.0 Å². The van der Waals surface area contributed by atoms with Gasteiger partial charge in [0.15, 0.2) is 11.3 Å². The van der Waals surface area contributed by atoms with E-state index in [1.165, 1.54) is 7.11 Å². The Morgan fingerprint density at radius 1 is 0.788 bits per heavy atom. The molecule has 0 N–H and O–H groups in total. The standard InChI is InChI=1S/C27H22O6/c1-15(2)26(28)31-19-9-6-17(7-10-19)18-8-11-20-21-12-13-22(33-27(29)16(3)4)25(30-5)24(21)32-23(20)14-18/h6-14H,1,3H2,2,4-5H3. The average Bonchev–Trinajstić information content (AvgIpc) is 3.17. The Labute approximate surface area is 190 Å². The second-order valence-corrected chi connectivity index (χ2v) is 7.65. The molecular weight excluding hydrogens is 420 g/mol. The number of carbonyl (C=O) groups excluding carboxylic acids is 2. The lowest BCUT2D eigenvalue weighted by Gasteiger charge is -2.09. The van der Waals surface area contributed by atoms with Crippen LogP contribution in [0.4, 0.5) is 0 Å². The molecule has 166 valence electrons. The van der Waals surface area contributed by atoms with Crippen LogP contribution < -0.4 is 14.2 Å². The van der Waals surface area contributed by atoms with Crippen LogP contribution in [-0.2, 0) is 9.59 Å². The number of hydrogen-bond donors (Lipinski definition) is 0. The van der Waals surface area contributed by atoms with Gasteiger partial charge in [-0.15, -0.1) is 0 Å². The highest BCUT2D eigenvalue weighted by molar-refractivity contribution is 6.08. The van der Waals surface area contributed by atoms with Crippen LogP contribution in [0.25, 0.3) is 33.1 Å². The molecule has 0 aliphatic heterocycles. The summed E-state index contributed by atoms with van der Waals surface area (Å²) < 4.78 is 22.2. The Balaban J connectivity index is 1.71. The first-order chi connectivity index (χ1) is 15.8. The number of furan rings is 1. The van der Waals surface area contributed by atoms with Crippen LogP contribution in [0.3, 0.4) is 0 Å². The summed E-state index contributed by atoms with van der Waals surface area (Å²) in [7, 11) is 1.49. The molecule has 0 saturated heterocycles. The Hall–Kier alpha value is -4.32. The van der Waals surface area contributed by atoms with E-state index in [-0.39, 0.29) is 11.3 Å². The molecule has 33 heavy (non-hydrogen) atoms. The lowest BCUT2D eigenvalue weighted by atomic mass is 10.0. The van der Waals surface area contributed by atoms with E-state index in [1.807, 2.05) is 36.4 Å². The van der Waals surface area contributed by atoms with Crippen LogP contribution in [0.5, 0.6) is 17.2 Å². The van der Waals surface area contributed by atoms with Gasteiger partial charge in [0.25, 0.3) is 0 Å². The topological polar surface area (TPSA) is 75.0 Å². The van der Waals surface area contributed by atoms with Gasteiger partial charge in [0, 0.05) is 21.9 Å². The summed E-state index contributed by atoms with van der Waals surface area (Å²) in [6, 6.07) is 16.5. The Morgan fingerprint density at radius 3 is 2.03 bits per heavy atom. The molecule has 4 rings (SSSR count). The molecule has 0 bridgehead atoms. The van der Waals surface area contributed by atoms with Crippen molar-refractivity contribution in [1.29, 1.82) is 0 Å². The quantitative estimate of drug-likeness (QED) is 0.200. The van der Waals surface area contributed by atoms with Crippen LogP contribution in [-0.4, -0.2) is 19.0 Å². The monoisotopic (exact) mass is 442 g/mol. The van der Waals surface area contributed by atoms with E-state index >= 15 is 0 Å². The van der Waals surface area contributed by atoms with Crippen molar-refractivity contribution >= 4 is 33.9 Å². The molecular formula is C27H22O6. The zero-order valence-electron chi connectivity index (χ0n) is 18.6. The smallest absolute Gasteiger partial charge is 0.338 e. The minimum atomic E-state index is -0.538. The molecule has 0 spiro atoms. The third-order valence-corrected chi connectivity index (χ3v) is 5.06. The van der Waals surface area contributed by atoms with Crippen LogP contribution in [0, 0.1) is 0 Å². The van der Waals surface area contributed by atoms with Gasteiger partial charge in [0.1, 0.15) is 11.3 Å². The number of carbonyl (C=O) groups is 2. The molecule has 0 saturated carbocycles. The van der Waals surface area contributed by atoms with Gasteiger partial charge in [-0.25, -0.2) is 9.59 Å². The van der Waals surface area contributed by atoms with E-state index in [4.69, 9.17) is 18.6 Å². The maximum Gasteiger partial charge on any atom is 0.338 e. The van der Waals surface area contributed by atoms with Gasteiger partial charge in [-0.1, -0.05) is 31.4 Å². The summed E-state index contributed by atoms with van der Waals surface area (Å²) in [4.78, 5) is 23.7. The molecule has 0 unspecified atom stereocenters. The van der Waals surface area contributed by atoms with Crippen molar-refractivity contribution in [2.75, 3.05) is 7.11 Å². The number of fused-ring (bicyclic) bond motifs is 3. The molecule has 4 aromatic rings. The zero-order valence-corrected chi connectivity index (χ0v) is 18.6. The summed E-state index contributed by atoms with van der Waals surface area (Å²) >= 11 is 0. The Kier molecular flexibility index (Phi) is 5.75. The molecule has 0 radical (unpaired) electrons. The fraction of sp³-hybridized carbons (Fsp3) is 0.111. The summed E-state index contributed by atoms with van der Waals surface area (Å²) in [6.45, 7) is 10.4. The lowest BCUT2D eigenvalue weighted by Crippen LogP contribution is -2.09. The third-order valence-electron chi connectivity index (χ3n) is 5.06. The van der Waals surface area contributed by atoms with Crippen LogP contribution in [0.15, 0.2) is 83.3 Å². The highest BCUT2D eigenvalue weighted by atomic mass is 16.6. The summed E-state index contributed by atoms with van der Waals surface area (Å²) in [5.41, 5.74) is 3.61. The van der Waals surface area contributed by atoms with Gasteiger partial charge >= 0.3 is 11.9 Å². The Bertz CT molecular complexity index is 1420. The first-order valence-electron chi connectivity index (χ1n) is 10.2. The zero-order chi connectivity index (χ0) is 23.7. The number of esters is 2. The molecule has 0 amide bonds. The maximum atomic E-state index is 12.0. The molecule has 3 aromatic carbocycles. The number of rotatable bonds is 6. The van der Waals surface area contributed by atoms with E-state index in [2.05, 4.69) is 13.2 Å². The summed E-state index contributed by atoms with van der Waals surface area (Å²) in [6.07, 6.45) is 0. The first kappa shape index (κ1) is 21.9. The van der Waals surface area contributed by atoms with Gasteiger partial charge < -0.3 is 18.6 Å². The van der Waals surface area contributed by atoms with E-state index in [9.17, 15) is 9.59 Å². The van der Waals surface area contributed by atoms with Gasteiger partial charge in [-0.2, -0.15) is 0 Å². The molecule has 0 atom stereocenters. The molecule has 0 fully saturated rings. The minimum absolute atomic E-state index is 0.261. The van der Waals surface area contributed by atoms with E-state index in [0.717, 1.165) is 21.9 Å². The number of hydrogen-bond acceptors (Lipinski definition) is 6. The third kappa shape index (κ3) is 4.23. The SMILES string of the molecule is C=C(C)C(=O)Oc1ccc(-c2ccc3c(c2)oc2c(OC)c(OC(=O)C(=C)C)ccc23)cc1. The van der Waals surface area contributed by atoms with Gasteiger partial charge in [0.2, 0.25) is 5.75 Å². The predicted octanol–water partition coefficient (Wildman–Crippen LogP) is 6.22. The highest BCUT2D eigenvalue weighted by Gasteiger charge is 2.19. The van der Waals surface area contributed by atoms with Crippen molar-refractivity contribution in [2.24, 2.45) is 0 Å². The first-order valence-corrected chi connectivity index (χ1v) is 10.2. The van der Waals surface area contributed by atoms with Crippen molar-refractivity contribution in [3.8, 4) is 28.4 Å². The van der Waals surface area contributed by atoms with Gasteiger partial charge in [-0.05, 0) is 61.4 Å². The highest BCUT2D eigenvalue weighted by Crippen LogP contribution is 2.41.